The second-order valence-electron chi connectivity index (χ2n) is 6.49. The lowest BCUT2D eigenvalue weighted by Gasteiger charge is -2.21. The Morgan fingerprint density at radius 3 is 2.78 bits per heavy atom. The molecule has 1 aromatic carbocycles. The molecular weight excluding hydrogens is 369 g/mol. The van der Waals surface area contributed by atoms with Gasteiger partial charge in [-0.1, -0.05) is 18.2 Å². The number of rotatable bonds is 8. The van der Waals surface area contributed by atoms with Crippen molar-refractivity contribution in [1.82, 2.24) is 10.2 Å². The molecule has 6 nitrogen and oxygen atoms in total. The molecule has 0 unspecified atom stereocenters. The summed E-state index contributed by atoms with van der Waals surface area (Å²) in [6, 6.07) is 9.70. The minimum atomic E-state index is -0.496. The van der Waals surface area contributed by atoms with E-state index in [1.807, 2.05) is 22.4 Å². The van der Waals surface area contributed by atoms with Crippen LogP contribution in [0, 0.1) is 5.82 Å². The molecule has 1 aliphatic heterocycles. The normalized spacial score (nSPS) is 18.3. The third-order valence-corrected chi connectivity index (χ3v) is 5.33. The quantitative estimate of drug-likeness (QED) is 0.717. The maximum absolute atomic E-state index is 13.2. The van der Waals surface area contributed by atoms with Gasteiger partial charge in [-0.15, -0.1) is 11.3 Å². The van der Waals surface area contributed by atoms with Gasteiger partial charge in [0.2, 0.25) is 11.8 Å². The van der Waals surface area contributed by atoms with Crippen molar-refractivity contribution in [2.24, 2.45) is 5.73 Å². The monoisotopic (exact) mass is 391 g/mol. The minimum absolute atomic E-state index is 0.0875. The first kappa shape index (κ1) is 19.5. The zero-order valence-corrected chi connectivity index (χ0v) is 15.6. The maximum atomic E-state index is 13.2. The van der Waals surface area contributed by atoms with Gasteiger partial charge in [0, 0.05) is 18.0 Å². The van der Waals surface area contributed by atoms with E-state index in [4.69, 9.17) is 10.5 Å². The highest BCUT2D eigenvalue weighted by atomic mass is 32.1. The van der Waals surface area contributed by atoms with E-state index >= 15 is 0 Å². The smallest absolute Gasteiger partial charge is 0.243 e. The van der Waals surface area contributed by atoms with Crippen LogP contribution in [-0.4, -0.2) is 49.1 Å². The molecule has 0 bridgehead atoms. The van der Waals surface area contributed by atoms with Crippen LogP contribution in [0.2, 0.25) is 0 Å². The Labute approximate surface area is 161 Å². The average molecular weight is 391 g/mol. The molecule has 2 amide bonds. The molecule has 144 valence electrons. The molecule has 27 heavy (non-hydrogen) atoms. The Hall–Kier alpha value is -2.29. The van der Waals surface area contributed by atoms with E-state index in [-0.39, 0.29) is 37.0 Å². The summed E-state index contributed by atoms with van der Waals surface area (Å²) >= 11 is 1.54. The van der Waals surface area contributed by atoms with Gasteiger partial charge in [-0.25, -0.2) is 4.39 Å². The molecular formula is C19H22FN3O3S. The summed E-state index contributed by atoms with van der Waals surface area (Å²) in [5.41, 5.74) is 5.92. The van der Waals surface area contributed by atoms with Crippen LogP contribution in [0.4, 0.5) is 4.39 Å². The van der Waals surface area contributed by atoms with E-state index in [0.29, 0.717) is 6.54 Å². The van der Waals surface area contributed by atoms with Gasteiger partial charge >= 0.3 is 0 Å². The number of ether oxygens (including phenoxy) is 1. The van der Waals surface area contributed by atoms with Gasteiger partial charge in [0.1, 0.15) is 12.4 Å². The lowest BCUT2D eigenvalue weighted by Crippen LogP contribution is -2.38. The first-order chi connectivity index (χ1) is 13.0. The summed E-state index contributed by atoms with van der Waals surface area (Å²) < 4.78 is 18.7. The fourth-order valence-electron chi connectivity index (χ4n) is 3.12. The molecule has 3 rings (SSSR count). The first-order valence-electron chi connectivity index (χ1n) is 8.72. The molecule has 2 heterocycles. The number of carbonyl (C=O) groups excluding carboxylic acids is 2. The van der Waals surface area contributed by atoms with Crippen LogP contribution in [0.15, 0.2) is 41.8 Å². The number of nitrogens with zero attached hydrogens (tertiary/aromatic N) is 1. The molecule has 1 saturated heterocycles. The van der Waals surface area contributed by atoms with E-state index in [1.165, 1.54) is 23.5 Å². The molecule has 0 radical (unpaired) electrons. The van der Waals surface area contributed by atoms with Crippen LogP contribution in [0.1, 0.15) is 22.9 Å². The second-order valence-corrected chi connectivity index (χ2v) is 7.47. The molecule has 0 saturated carbocycles. The topological polar surface area (TPSA) is 84.7 Å². The Balaban J connectivity index is 1.59. The van der Waals surface area contributed by atoms with Crippen LogP contribution in [0.5, 0.6) is 0 Å². The standard InChI is InChI=1S/C19H22FN3O3S/c20-14-5-3-13(4-6-14)19(16-2-1-9-27-16)22-18(25)11-23-8-7-15(10-23)26-12-17(21)24/h1-6,9,15,19H,7-8,10-12H2,(H2,21,24)(H,22,25)/t15-,19-/m1/s1. The Morgan fingerprint density at radius 2 is 2.11 bits per heavy atom. The molecule has 0 spiro atoms. The fourth-order valence-corrected chi connectivity index (χ4v) is 3.92. The third-order valence-electron chi connectivity index (χ3n) is 4.39. The summed E-state index contributed by atoms with van der Waals surface area (Å²) in [7, 11) is 0. The number of nitrogens with two attached hydrogens (primary N) is 1. The van der Waals surface area contributed by atoms with E-state index in [2.05, 4.69) is 5.32 Å². The van der Waals surface area contributed by atoms with Gasteiger partial charge in [0.25, 0.3) is 0 Å². The molecule has 3 N–H and O–H groups in total. The molecule has 1 aromatic heterocycles. The highest BCUT2D eigenvalue weighted by Crippen LogP contribution is 2.26. The summed E-state index contributed by atoms with van der Waals surface area (Å²) in [6.07, 6.45) is 0.669. The number of thiophene rings is 1. The number of halogens is 1. The summed E-state index contributed by atoms with van der Waals surface area (Å²) in [6.45, 7) is 1.44. The Bertz CT molecular complexity index is 767. The summed E-state index contributed by atoms with van der Waals surface area (Å²) in [4.78, 5) is 26.4. The molecule has 1 aliphatic rings. The van der Waals surface area contributed by atoms with Crippen molar-refractivity contribution in [3.63, 3.8) is 0 Å². The van der Waals surface area contributed by atoms with Gasteiger partial charge < -0.3 is 15.8 Å². The summed E-state index contributed by atoms with van der Waals surface area (Å²) in [5.74, 6) is -0.924. The van der Waals surface area contributed by atoms with Crippen molar-refractivity contribution in [2.45, 2.75) is 18.6 Å². The van der Waals surface area contributed by atoms with Gasteiger partial charge in [0.15, 0.2) is 0 Å². The molecule has 2 atom stereocenters. The minimum Gasteiger partial charge on any atom is -0.368 e. The summed E-state index contributed by atoms with van der Waals surface area (Å²) in [5, 5.41) is 4.98. The number of carbonyl (C=O) groups is 2. The highest BCUT2D eigenvalue weighted by molar-refractivity contribution is 7.10. The number of hydrogen-bond donors (Lipinski definition) is 2. The van der Waals surface area contributed by atoms with Crippen molar-refractivity contribution < 1.29 is 18.7 Å². The van der Waals surface area contributed by atoms with Crippen molar-refractivity contribution in [3.05, 3.63) is 58.0 Å². The maximum Gasteiger partial charge on any atom is 0.243 e. The largest absolute Gasteiger partial charge is 0.368 e. The van der Waals surface area contributed by atoms with Crippen LogP contribution in [0.25, 0.3) is 0 Å². The number of amides is 2. The fraction of sp³-hybridized carbons (Fsp3) is 0.368. The zero-order chi connectivity index (χ0) is 19.2. The third kappa shape index (κ3) is 5.59. The number of likely N-dealkylation sites (tertiary alicyclic amines) is 1. The van der Waals surface area contributed by atoms with Crippen molar-refractivity contribution in [1.29, 1.82) is 0 Å². The predicted molar refractivity (Wildman–Crippen MR) is 101 cm³/mol. The lowest BCUT2D eigenvalue weighted by atomic mass is 10.1. The predicted octanol–water partition coefficient (Wildman–Crippen LogP) is 1.67. The zero-order valence-electron chi connectivity index (χ0n) is 14.8. The lowest BCUT2D eigenvalue weighted by molar-refractivity contribution is -0.125. The molecule has 0 aliphatic carbocycles. The number of benzene rings is 1. The SMILES string of the molecule is NC(=O)CO[C@@H]1CCN(CC(=O)N[C@H](c2ccc(F)cc2)c2cccs2)C1. The van der Waals surface area contributed by atoms with Gasteiger partial charge in [0.05, 0.1) is 18.7 Å². The molecule has 8 heteroatoms. The van der Waals surface area contributed by atoms with Crippen molar-refractivity contribution in [3.8, 4) is 0 Å². The highest BCUT2D eigenvalue weighted by Gasteiger charge is 2.26. The van der Waals surface area contributed by atoms with E-state index in [9.17, 15) is 14.0 Å². The number of hydrogen-bond acceptors (Lipinski definition) is 5. The van der Waals surface area contributed by atoms with Crippen LogP contribution >= 0.6 is 11.3 Å². The van der Waals surface area contributed by atoms with Crippen molar-refractivity contribution >= 4 is 23.2 Å². The van der Waals surface area contributed by atoms with Crippen LogP contribution in [0.3, 0.4) is 0 Å². The number of primary amides is 1. The van der Waals surface area contributed by atoms with Gasteiger partial charge in [-0.3, -0.25) is 14.5 Å². The first-order valence-corrected chi connectivity index (χ1v) is 9.59. The van der Waals surface area contributed by atoms with Crippen molar-refractivity contribution in [2.75, 3.05) is 26.2 Å². The van der Waals surface area contributed by atoms with Gasteiger partial charge in [-0.2, -0.15) is 0 Å². The number of nitrogens with one attached hydrogen (secondary N) is 1. The Kier molecular flexibility index (Phi) is 6.54. The van der Waals surface area contributed by atoms with E-state index in [0.717, 1.165) is 23.4 Å². The van der Waals surface area contributed by atoms with Gasteiger partial charge in [-0.05, 0) is 35.6 Å². The second kappa shape index (κ2) is 9.07. The van der Waals surface area contributed by atoms with Crippen LogP contribution < -0.4 is 11.1 Å². The molecule has 2 aromatic rings. The molecule has 1 fully saturated rings. The van der Waals surface area contributed by atoms with Crippen LogP contribution in [-0.2, 0) is 14.3 Å². The van der Waals surface area contributed by atoms with E-state index in [1.54, 1.807) is 12.1 Å². The average Bonchev–Trinajstić information content (AvgIpc) is 3.31. The Morgan fingerprint density at radius 1 is 1.33 bits per heavy atom. The van der Waals surface area contributed by atoms with E-state index < -0.39 is 5.91 Å².